The zero-order valence-electron chi connectivity index (χ0n) is 12.4. The summed E-state index contributed by atoms with van der Waals surface area (Å²) in [6, 6.07) is 3.09. The Morgan fingerprint density at radius 2 is 1.77 bits per heavy atom. The molecule has 0 spiro atoms. The zero-order valence-corrected chi connectivity index (χ0v) is 14.0. The molecule has 4 nitrogen and oxygen atoms in total. The van der Waals surface area contributed by atoms with Gasteiger partial charge in [0.15, 0.2) is 4.90 Å². The van der Waals surface area contributed by atoms with Gasteiger partial charge in [0.25, 0.3) is 0 Å². The molecule has 1 fully saturated rings. The second-order valence-corrected chi connectivity index (χ2v) is 7.08. The van der Waals surface area contributed by atoms with Crippen LogP contribution in [-0.2, 0) is 10.0 Å². The molecular formula is C14H21ClF2N2O2S. The summed E-state index contributed by atoms with van der Waals surface area (Å²) >= 11 is 0. The molecule has 0 amide bonds. The zero-order chi connectivity index (χ0) is 15.5. The monoisotopic (exact) mass is 354 g/mol. The van der Waals surface area contributed by atoms with Crippen molar-refractivity contribution in [1.82, 2.24) is 9.62 Å². The van der Waals surface area contributed by atoms with Crippen molar-refractivity contribution >= 4 is 22.4 Å². The molecule has 1 aromatic carbocycles. The highest BCUT2D eigenvalue weighted by molar-refractivity contribution is 7.89. The lowest BCUT2D eigenvalue weighted by molar-refractivity contribution is 0.267. The number of hydrogen-bond acceptors (Lipinski definition) is 3. The van der Waals surface area contributed by atoms with Crippen LogP contribution in [0.2, 0.25) is 0 Å². The van der Waals surface area contributed by atoms with E-state index in [0.29, 0.717) is 31.8 Å². The molecule has 0 aromatic heterocycles. The van der Waals surface area contributed by atoms with Crippen molar-refractivity contribution in [3.05, 3.63) is 29.8 Å². The molecule has 0 bridgehead atoms. The van der Waals surface area contributed by atoms with Gasteiger partial charge in [-0.1, -0.05) is 13.0 Å². The number of halogens is 3. The van der Waals surface area contributed by atoms with Crippen LogP contribution in [0.3, 0.4) is 0 Å². The maximum atomic E-state index is 13.7. The lowest BCUT2D eigenvalue weighted by Gasteiger charge is -2.31. The molecule has 1 aromatic rings. The summed E-state index contributed by atoms with van der Waals surface area (Å²) in [5.41, 5.74) is 0. The first-order valence-corrected chi connectivity index (χ1v) is 8.55. The lowest BCUT2D eigenvalue weighted by Crippen LogP contribution is -2.41. The fourth-order valence-corrected chi connectivity index (χ4v) is 4.14. The molecule has 126 valence electrons. The predicted molar refractivity (Wildman–Crippen MR) is 83.6 cm³/mol. The van der Waals surface area contributed by atoms with E-state index in [1.807, 2.05) is 6.92 Å². The van der Waals surface area contributed by atoms with Crippen LogP contribution >= 0.6 is 12.4 Å². The van der Waals surface area contributed by atoms with E-state index in [9.17, 15) is 17.2 Å². The number of piperidine rings is 1. The normalized spacial score (nSPS) is 17.2. The van der Waals surface area contributed by atoms with Gasteiger partial charge >= 0.3 is 0 Å². The topological polar surface area (TPSA) is 49.4 Å². The highest BCUT2D eigenvalue weighted by atomic mass is 35.5. The molecular weight excluding hydrogens is 334 g/mol. The van der Waals surface area contributed by atoms with Gasteiger partial charge in [-0.2, -0.15) is 4.31 Å². The van der Waals surface area contributed by atoms with Gasteiger partial charge < -0.3 is 5.32 Å². The fraction of sp³-hybridized carbons (Fsp3) is 0.571. The summed E-state index contributed by atoms with van der Waals surface area (Å²) < 4.78 is 53.3. The number of sulfonamides is 1. The van der Waals surface area contributed by atoms with Crippen LogP contribution in [0.1, 0.15) is 19.8 Å². The molecule has 22 heavy (non-hydrogen) atoms. The average molecular weight is 355 g/mol. The number of rotatable bonds is 5. The van der Waals surface area contributed by atoms with Crippen LogP contribution in [0, 0.1) is 17.6 Å². The molecule has 1 aliphatic rings. The molecule has 0 saturated carbocycles. The predicted octanol–water partition coefficient (Wildman–Crippen LogP) is 2.40. The second kappa shape index (κ2) is 8.19. The molecule has 2 rings (SSSR count). The third kappa shape index (κ3) is 4.16. The van der Waals surface area contributed by atoms with Crippen molar-refractivity contribution in [2.45, 2.75) is 24.7 Å². The summed E-state index contributed by atoms with van der Waals surface area (Å²) in [4.78, 5) is -0.838. The standard InChI is InChI=1S/C14H20F2N2O2S.ClH/c1-2-17-10-11-6-8-18(9-7-11)21(19,20)14-12(15)4-3-5-13(14)16;/h3-5,11,17H,2,6-10H2,1H3;1H. The maximum Gasteiger partial charge on any atom is 0.248 e. The van der Waals surface area contributed by atoms with Gasteiger partial charge in [-0.15, -0.1) is 12.4 Å². The first kappa shape index (κ1) is 19.3. The first-order chi connectivity index (χ1) is 9.96. The summed E-state index contributed by atoms with van der Waals surface area (Å²) in [5.74, 6) is -1.67. The molecule has 1 N–H and O–H groups in total. The Hall–Kier alpha value is -0.760. The van der Waals surface area contributed by atoms with Crippen LogP contribution in [0.15, 0.2) is 23.1 Å². The van der Waals surface area contributed by atoms with Crippen molar-refractivity contribution in [3.63, 3.8) is 0 Å². The average Bonchev–Trinajstić information content (AvgIpc) is 2.45. The number of hydrogen-bond donors (Lipinski definition) is 1. The quantitative estimate of drug-likeness (QED) is 0.883. The highest BCUT2D eigenvalue weighted by Gasteiger charge is 2.33. The van der Waals surface area contributed by atoms with Crippen LogP contribution in [0.5, 0.6) is 0 Å². The Bertz CT molecular complexity index is 570. The minimum atomic E-state index is -4.10. The van der Waals surface area contributed by atoms with Crippen LogP contribution in [0.4, 0.5) is 8.78 Å². The third-order valence-corrected chi connectivity index (χ3v) is 5.72. The molecule has 1 heterocycles. The second-order valence-electron chi connectivity index (χ2n) is 5.21. The van der Waals surface area contributed by atoms with E-state index in [1.165, 1.54) is 4.31 Å². The highest BCUT2D eigenvalue weighted by Crippen LogP contribution is 2.26. The van der Waals surface area contributed by atoms with E-state index in [1.54, 1.807) is 0 Å². The molecule has 0 atom stereocenters. The lowest BCUT2D eigenvalue weighted by atomic mass is 9.98. The van der Waals surface area contributed by atoms with Crippen LogP contribution in [0.25, 0.3) is 0 Å². The summed E-state index contributed by atoms with van der Waals surface area (Å²) in [6.07, 6.45) is 1.39. The van der Waals surface area contributed by atoms with E-state index in [2.05, 4.69) is 5.32 Å². The van der Waals surface area contributed by atoms with E-state index in [-0.39, 0.29) is 12.4 Å². The van der Waals surface area contributed by atoms with E-state index in [4.69, 9.17) is 0 Å². The molecule has 0 radical (unpaired) electrons. The number of nitrogens with one attached hydrogen (secondary N) is 1. The Labute approximate surface area is 136 Å². The SMILES string of the molecule is CCNCC1CCN(S(=O)(=O)c2c(F)cccc2F)CC1.Cl. The maximum absolute atomic E-state index is 13.7. The van der Waals surface area contributed by atoms with Gasteiger partial charge in [-0.25, -0.2) is 17.2 Å². The summed E-state index contributed by atoms with van der Waals surface area (Å²) in [6.45, 7) is 4.33. The number of nitrogens with zero attached hydrogens (tertiary/aromatic N) is 1. The number of benzene rings is 1. The van der Waals surface area contributed by atoms with Gasteiger partial charge in [-0.05, 0) is 44.0 Å². The van der Waals surface area contributed by atoms with Crippen LogP contribution < -0.4 is 5.32 Å². The molecule has 1 saturated heterocycles. The summed E-state index contributed by atoms with van der Waals surface area (Å²) in [7, 11) is -4.10. The van der Waals surface area contributed by atoms with E-state index >= 15 is 0 Å². The van der Waals surface area contributed by atoms with E-state index < -0.39 is 26.6 Å². The van der Waals surface area contributed by atoms with Crippen molar-refractivity contribution in [1.29, 1.82) is 0 Å². The van der Waals surface area contributed by atoms with Gasteiger partial charge in [0.1, 0.15) is 11.6 Å². The van der Waals surface area contributed by atoms with Gasteiger partial charge in [0, 0.05) is 13.1 Å². The third-order valence-electron chi connectivity index (χ3n) is 3.77. The Morgan fingerprint density at radius 3 is 2.27 bits per heavy atom. The largest absolute Gasteiger partial charge is 0.317 e. The minimum Gasteiger partial charge on any atom is -0.317 e. The Morgan fingerprint density at radius 1 is 1.23 bits per heavy atom. The Balaban J connectivity index is 0.00000242. The van der Waals surface area contributed by atoms with Crippen molar-refractivity contribution < 1.29 is 17.2 Å². The Kier molecular flexibility index (Phi) is 7.18. The minimum absolute atomic E-state index is 0. The smallest absolute Gasteiger partial charge is 0.248 e. The molecule has 8 heteroatoms. The van der Waals surface area contributed by atoms with Crippen molar-refractivity contribution in [2.75, 3.05) is 26.2 Å². The van der Waals surface area contributed by atoms with Gasteiger partial charge in [0.2, 0.25) is 10.0 Å². The van der Waals surface area contributed by atoms with E-state index in [0.717, 1.165) is 31.3 Å². The first-order valence-electron chi connectivity index (χ1n) is 7.11. The molecule has 1 aliphatic heterocycles. The van der Waals surface area contributed by atoms with Gasteiger partial charge in [0.05, 0.1) is 0 Å². The molecule has 0 aliphatic carbocycles. The fourth-order valence-electron chi connectivity index (χ4n) is 2.56. The molecule has 0 unspecified atom stereocenters. The summed E-state index contributed by atoms with van der Waals surface area (Å²) in [5, 5.41) is 3.23. The van der Waals surface area contributed by atoms with Crippen molar-refractivity contribution in [2.24, 2.45) is 5.92 Å². The van der Waals surface area contributed by atoms with Crippen LogP contribution in [-0.4, -0.2) is 38.9 Å². The van der Waals surface area contributed by atoms with Crippen molar-refractivity contribution in [3.8, 4) is 0 Å². The van der Waals surface area contributed by atoms with Gasteiger partial charge in [-0.3, -0.25) is 0 Å².